The summed E-state index contributed by atoms with van der Waals surface area (Å²) in [5.74, 6) is 0.125. The van der Waals surface area contributed by atoms with E-state index in [2.05, 4.69) is 19.9 Å². The van der Waals surface area contributed by atoms with E-state index in [1.807, 2.05) is 0 Å². The lowest BCUT2D eigenvalue weighted by Gasteiger charge is -2.05. The number of carbonyl (C=O) groups excluding carboxylic acids is 1. The van der Waals surface area contributed by atoms with Gasteiger partial charge in [-0.25, -0.2) is 9.79 Å². The number of anilines is 3. The van der Waals surface area contributed by atoms with Gasteiger partial charge in [0.2, 0.25) is 17.8 Å². The Morgan fingerprint density at radius 1 is 1.14 bits per heavy atom. The van der Waals surface area contributed by atoms with Gasteiger partial charge in [0, 0.05) is 12.8 Å². The van der Waals surface area contributed by atoms with Crippen LogP contribution >= 0.6 is 0 Å². The van der Waals surface area contributed by atoms with Crippen LogP contribution in [-0.2, 0) is 0 Å². The number of hydrogen-bond donors (Lipinski definition) is 6. The molecule has 0 atom stereocenters. The highest BCUT2D eigenvalue weighted by Crippen LogP contribution is 1.97. The standard InChI is InChI=1S/C6H12N2O4.C3H6N6/c9-4-2-1-3-7-6(11)8(12)5-10;4-1-7-2(5)9-3(6)8-1/h3,9-10,12H,1-2,4-5H2;(H6,4,5,6,7,8,9). The van der Waals surface area contributed by atoms with Crippen molar-refractivity contribution in [2.45, 2.75) is 12.8 Å². The fourth-order valence-electron chi connectivity index (χ4n) is 0.879. The highest BCUT2D eigenvalue weighted by Gasteiger charge is 2.04. The van der Waals surface area contributed by atoms with Gasteiger partial charge in [0.1, 0.15) is 6.73 Å². The first-order valence-electron chi connectivity index (χ1n) is 5.67. The number of carbonyl (C=O) groups is 1. The molecule has 12 heteroatoms. The molecular weight excluding hydrogens is 284 g/mol. The molecule has 1 rings (SSSR count). The Balaban J connectivity index is 0.000000394. The minimum Gasteiger partial charge on any atom is -0.396 e. The van der Waals surface area contributed by atoms with E-state index in [1.165, 1.54) is 6.21 Å². The predicted octanol–water partition coefficient (Wildman–Crippen LogP) is -1.79. The third-order valence-corrected chi connectivity index (χ3v) is 1.74. The monoisotopic (exact) mass is 302 g/mol. The number of nitrogens with zero attached hydrogens (tertiary/aromatic N) is 5. The van der Waals surface area contributed by atoms with Crippen LogP contribution in [0.1, 0.15) is 12.8 Å². The highest BCUT2D eigenvalue weighted by molar-refractivity contribution is 5.82. The van der Waals surface area contributed by atoms with Crippen molar-refractivity contribution in [1.29, 1.82) is 0 Å². The lowest BCUT2D eigenvalue weighted by molar-refractivity contribution is -0.0933. The number of unbranched alkanes of at least 4 members (excludes halogenated alkanes) is 1. The molecule has 0 aliphatic heterocycles. The molecular formula is C9H18N8O4. The number of amides is 2. The van der Waals surface area contributed by atoms with Crippen molar-refractivity contribution in [3.63, 3.8) is 0 Å². The van der Waals surface area contributed by atoms with E-state index in [0.29, 0.717) is 12.8 Å². The second-order valence-corrected chi connectivity index (χ2v) is 3.41. The van der Waals surface area contributed by atoms with E-state index in [0.717, 1.165) is 0 Å². The van der Waals surface area contributed by atoms with Gasteiger partial charge in [-0.3, -0.25) is 5.21 Å². The van der Waals surface area contributed by atoms with Crippen molar-refractivity contribution < 1.29 is 20.2 Å². The smallest absolute Gasteiger partial charge is 0.369 e. The summed E-state index contributed by atoms with van der Waals surface area (Å²) in [6.07, 6.45) is 2.25. The van der Waals surface area contributed by atoms with Crippen LogP contribution in [0.2, 0.25) is 0 Å². The Labute approximate surface area is 119 Å². The molecule has 0 spiro atoms. The molecule has 12 nitrogen and oxygen atoms in total. The molecule has 1 heterocycles. The Kier molecular flexibility index (Phi) is 8.99. The van der Waals surface area contributed by atoms with Crippen LogP contribution in [0.5, 0.6) is 0 Å². The molecule has 0 aliphatic carbocycles. The molecule has 1 aromatic rings. The molecule has 1 aromatic heterocycles. The van der Waals surface area contributed by atoms with Gasteiger partial charge in [-0.15, -0.1) is 0 Å². The molecule has 0 saturated carbocycles. The van der Waals surface area contributed by atoms with E-state index >= 15 is 0 Å². The van der Waals surface area contributed by atoms with Gasteiger partial charge in [0.05, 0.1) is 0 Å². The summed E-state index contributed by atoms with van der Waals surface area (Å²) in [5.41, 5.74) is 15.4. The summed E-state index contributed by atoms with van der Waals surface area (Å²) in [6.45, 7) is -0.751. The molecule has 0 fully saturated rings. The predicted molar refractivity (Wildman–Crippen MR) is 74.0 cm³/mol. The third kappa shape index (κ3) is 9.04. The van der Waals surface area contributed by atoms with Gasteiger partial charge in [0.25, 0.3) is 0 Å². The second kappa shape index (κ2) is 10.2. The Bertz CT molecular complexity index is 419. The topological polar surface area (TPSA) is 210 Å². The Morgan fingerprint density at radius 2 is 1.62 bits per heavy atom. The van der Waals surface area contributed by atoms with Crippen LogP contribution in [0.4, 0.5) is 22.6 Å². The first-order valence-corrected chi connectivity index (χ1v) is 5.67. The molecule has 2 amide bonds. The average molecular weight is 302 g/mol. The SMILES string of the molecule is Nc1nc(N)nc(N)n1.O=C(N=CCCCO)N(O)CO. The maximum Gasteiger partial charge on any atom is 0.369 e. The molecule has 0 aromatic carbocycles. The molecule has 0 radical (unpaired) electrons. The van der Waals surface area contributed by atoms with Gasteiger partial charge in [-0.1, -0.05) is 0 Å². The van der Waals surface area contributed by atoms with E-state index in [-0.39, 0.29) is 29.5 Å². The minimum atomic E-state index is -0.921. The number of aliphatic imine (C=N–C) groups is 1. The molecule has 21 heavy (non-hydrogen) atoms. The number of nitrogen functional groups attached to an aromatic ring is 3. The molecule has 0 aliphatic rings. The first kappa shape index (κ1) is 18.4. The number of urea groups is 1. The largest absolute Gasteiger partial charge is 0.396 e. The van der Waals surface area contributed by atoms with E-state index in [1.54, 1.807) is 0 Å². The van der Waals surface area contributed by atoms with Crippen LogP contribution in [0, 0.1) is 0 Å². The second-order valence-electron chi connectivity index (χ2n) is 3.41. The summed E-state index contributed by atoms with van der Waals surface area (Å²) >= 11 is 0. The molecule has 0 bridgehead atoms. The van der Waals surface area contributed by atoms with Gasteiger partial charge in [-0.2, -0.15) is 20.0 Å². The van der Waals surface area contributed by atoms with Crippen molar-refractivity contribution in [3.8, 4) is 0 Å². The van der Waals surface area contributed by atoms with E-state index in [9.17, 15) is 4.79 Å². The van der Waals surface area contributed by atoms with Gasteiger partial charge in [0.15, 0.2) is 0 Å². The third-order valence-electron chi connectivity index (χ3n) is 1.74. The van der Waals surface area contributed by atoms with Crippen LogP contribution in [0.3, 0.4) is 0 Å². The van der Waals surface area contributed by atoms with E-state index < -0.39 is 12.8 Å². The lowest BCUT2D eigenvalue weighted by atomic mass is 10.3. The number of hydroxylamine groups is 2. The van der Waals surface area contributed by atoms with Gasteiger partial charge in [-0.05, 0) is 12.8 Å². The van der Waals surface area contributed by atoms with Crippen molar-refractivity contribution in [2.75, 3.05) is 30.5 Å². The fraction of sp³-hybridized carbons (Fsp3) is 0.444. The maximum atomic E-state index is 10.6. The van der Waals surface area contributed by atoms with Crippen LogP contribution in [0.25, 0.3) is 0 Å². The zero-order valence-electron chi connectivity index (χ0n) is 11.1. The Hall–Kier alpha value is -2.57. The molecule has 0 saturated heterocycles. The van der Waals surface area contributed by atoms with Crippen LogP contribution in [-0.4, -0.2) is 61.0 Å². The van der Waals surface area contributed by atoms with Gasteiger partial charge < -0.3 is 27.4 Å². The van der Waals surface area contributed by atoms with Crippen molar-refractivity contribution in [1.82, 2.24) is 20.0 Å². The van der Waals surface area contributed by atoms with Crippen molar-refractivity contribution in [3.05, 3.63) is 0 Å². The molecule has 0 unspecified atom stereocenters. The zero-order chi connectivity index (χ0) is 16.3. The summed E-state index contributed by atoms with van der Waals surface area (Å²) < 4.78 is 0. The van der Waals surface area contributed by atoms with Crippen LogP contribution in [0.15, 0.2) is 4.99 Å². The summed E-state index contributed by atoms with van der Waals surface area (Å²) in [5, 5.41) is 25.2. The summed E-state index contributed by atoms with van der Waals surface area (Å²) in [4.78, 5) is 24.3. The number of aliphatic hydroxyl groups is 2. The normalized spacial score (nSPS) is 10.0. The van der Waals surface area contributed by atoms with Crippen molar-refractivity contribution >= 4 is 30.1 Å². The zero-order valence-corrected chi connectivity index (χ0v) is 11.1. The lowest BCUT2D eigenvalue weighted by Crippen LogP contribution is -2.25. The summed E-state index contributed by atoms with van der Waals surface area (Å²) in [7, 11) is 0. The van der Waals surface area contributed by atoms with Crippen LogP contribution < -0.4 is 17.2 Å². The number of aromatic nitrogens is 3. The minimum absolute atomic E-state index is 0.0308. The summed E-state index contributed by atoms with van der Waals surface area (Å²) in [6, 6.07) is -0.921. The number of nitrogens with two attached hydrogens (primary N) is 3. The number of hydrogen-bond acceptors (Lipinski definition) is 10. The molecule has 9 N–H and O–H groups in total. The average Bonchev–Trinajstić information content (AvgIpc) is 2.41. The number of aliphatic hydroxyl groups excluding tert-OH is 2. The maximum absolute atomic E-state index is 10.6. The highest BCUT2D eigenvalue weighted by atomic mass is 16.5. The number of rotatable bonds is 4. The first-order chi connectivity index (χ1) is 9.90. The van der Waals surface area contributed by atoms with Gasteiger partial charge >= 0.3 is 6.03 Å². The van der Waals surface area contributed by atoms with Crippen molar-refractivity contribution in [2.24, 2.45) is 4.99 Å². The molecule has 118 valence electrons. The quantitative estimate of drug-likeness (QED) is 0.121. The Morgan fingerprint density at radius 3 is 2.00 bits per heavy atom. The van der Waals surface area contributed by atoms with E-state index in [4.69, 9.17) is 32.6 Å². The fourth-order valence-corrected chi connectivity index (χ4v) is 0.879.